The molecule has 0 bridgehead atoms. The van der Waals surface area contributed by atoms with Gasteiger partial charge in [0.2, 0.25) is 0 Å². The van der Waals surface area contributed by atoms with Gasteiger partial charge in [-0.2, -0.15) is 0 Å². The van der Waals surface area contributed by atoms with Gasteiger partial charge in [-0.05, 0) is 50.4 Å². The van der Waals surface area contributed by atoms with Crippen LogP contribution in [0.1, 0.15) is 67.7 Å². The molecule has 3 fully saturated rings. The molecular formula is C16H23N3. The minimum atomic E-state index is 0.797. The SMILES string of the molecule is C1Cc2c(nc(C3CC3)n2C(C2CC2)C2CC2)CN1. The zero-order chi connectivity index (χ0) is 12.4. The molecule has 3 saturated carbocycles. The first-order valence-corrected chi connectivity index (χ1v) is 8.22. The molecule has 4 aliphatic rings. The first-order chi connectivity index (χ1) is 9.42. The highest BCUT2D eigenvalue weighted by Crippen LogP contribution is 2.54. The molecule has 0 saturated heterocycles. The summed E-state index contributed by atoms with van der Waals surface area (Å²) in [5.74, 6) is 4.24. The Morgan fingerprint density at radius 1 is 1.05 bits per heavy atom. The third kappa shape index (κ3) is 1.78. The molecule has 5 rings (SSSR count). The first kappa shape index (κ1) is 10.9. The Morgan fingerprint density at radius 2 is 1.79 bits per heavy atom. The predicted molar refractivity (Wildman–Crippen MR) is 74.1 cm³/mol. The van der Waals surface area contributed by atoms with Gasteiger partial charge >= 0.3 is 0 Å². The monoisotopic (exact) mass is 257 g/mol. The maximum atomic E-state index is 5.05. The number of rotatable bonds is 4. The normalized spacial score (nSPS) is 26.8. The Bertz CT molecular complexity index is 494. The molecule has 2 heterocycles. The van der Waals surface area contributed by atoms with E-state index in [0.717, 1.165) is 36.9 Å². The van der Waals surface area contributed by atoms with Crippen molar-refractivity contribution in [1.29, 1.82) is 0 Å². The molecule has 1 aromatic heterocycles. The van der Waals surface area contributed by atoms with Crippen LogP contribution >= 0.6 is 0 Å². The quantitative estimate of drug-likeness (QED) is 0.899. The van der Waals surface area contributed by atoms with Gasteiger partial charge in [0.05, 0.1) is 5.69 Å². The van der Waals surface area contributed by atoms with Crippen molar-refractivity contribution in [2.45, 2.75) is 63.5 Å². The minimum Gasteiger partial charge on any atom is -0.328 e. The molecule has 0 aromatic carbocycles. The van der Waals surface area contributed by atoms with Gasteiger partial charge in [-0.25, -0.2) is 4.98 Å². The molecular weight excluding hydrogens is 234 g/mol. The summed E-state index contributed by atoms with van der Waals surface area (Å²) >= 11 is 0. The van der Waals surface area contributed by atoms with Crippen LogP contribution in [0.5, 0.6) is 0 Å². The third-order valence-electron chi connectivity index (χ3n) is 5.40. The van der Waals surface area contributed by atoms with E-state index in [4.69, 9.17) is 4.98 Å². The van der Waals surface area contributed by atoms with Gasteiger partial charge in [0.25, 0.3) is 0 Å². The van der Waals surface area contributed by atoms with E-state index in [1.165, 1.54) is 56.5 Å². The predicted octanol–water partition coefficient (Wildman–Crippen LogP) is 2.77. The number of hydrogen-bond donors (Lipinski definition) is 1. The van der Waals surface area contributed by atoms with Crippen LogP contribution in [-0.4, -0.2) is 16.1 Å². The van der Waals surface area contributed by atoms with Gasteiger partial charge in [-0.15, -0.1) is 0 Å². The van der Waals surface area contributed by atoms with Crippen molar-refractivity contribution in [3.8, 4) is 0 Å². The average molecular weight is 257 g/mol. The lowest BCUT2D eigenvalue weighted by Crippen LogP contribution is -2.27. The second kappa shape index (κ2) is 3.85. The second-order valence-corrected chi connectivity index (χ2v) is 7.10. The number of hydrogen-bond acceptors (Lipinski definition) is 2. The minimum absolute atomic E-state index is 0.797. The summed E-state index contributed by atoms with van der Waals surface area (Å²) in [4.78, 5) is 5.05. The Kier molecular flexibility index (Phi) is 2.21. The fraction of sp³-hybridized carbons (Fsp3) is 0.812. The van der Waals surface area contributed by atoms with E-state index in [0.29, 0.717) is 0 Å². The fourth-order valence-corrected chi connectivity index (χ4v) is 4.00. The molecule has 0 amide bonds. The average Bonchev–Trinajstić information content (AvgIpc) is 3.26. The van der Waals surface area contributed by atoms with E-state index in [-0.39, 0.29) is 0 Å². The van der Waals surface area contributed by atoms with Crippen LogP contribution in [0.4, 0.5) is 0 Å². The molecule has 0 spiro atoms. The maximum absolute atomic E-state index is 5.05. The number of imidazole rings is 1. The van der Waals surface area contributed by atoms with Gasteiger partial charge in [-0.1, -0.05) is 0 Å². The summed E-state index contributed by atoms with van der Waals surface area (Å²) in [7, 11) is 0. The van der Waals surface area contributed by atoms with E-state index in [9.17, 15) is 0 Å². The molecule has 102 valence electrons. The lowest BCUT2D eigenvalue weighted by Gasteiger charge is -2.25. The number of aromatic nitrogens is 2. The van der Waals surface area contributed by atoms with Crippen molar-refractivity contribution in [3.63, 3.8) is 0 Å². The Morgan fingerprint density at radius 3 is 2.42 bits per heavy atom. The van der Waals surface area contributed by atoms with Crippen molar-refractivity contribution in [2.24, 2.45) is 11.8 Å². The van der Waals surface area contributed by atoms with Crippen LogP contribution < -0.4 is 5.32 Å². The van der Waals surface area contributed by atoms with Crippen LogP contribution in [-0.2, 0) is 13.0 Å². The summed E-state index contributed by atoms with van der Waals surface area (Å²) in [6, 6.07) is 0.824. The van der Waals surface area contributed by atoms with E-state index < -0.39 is 0 Å². The topological polar surface area (TPSA) is 29.9 Å². The summed E-state index contributed by atoms with van der Waals surface area (Å²) < 4.78 is 2.77. The van der Waals surface area contributed by atoms with E-state index in [2.05, 4.69) is 9.88 Å². The highest BCUT2D eigenvalue weighted by atomic mass is 15.2. The smallest absolute Gasteiger partial charge is 0.112 e. The fourth-order valence-electron chi connectivity index (χ4n) is 4.00. The highest BCUT2D eigenvalue weighted by molar-refractivity contribution is 5.26. The lowest BCUT2D eigenvalue weighted by atomic mass is 10.0. The summed E-state index contributed by atoms with van der Waals surface area (Å²) in [5.41, 5.74) is 2.98. The van der Waals surface area contributed by atoms with Gasteiger partial charge < -0.3 is 9.88 Å². The van der Waals surface area contributed by atoms with Crippen LogP contribution in [0, 0.1) is 11.8 Å². The van der Waals surface area contributed by atoms with Crippen LogP contribution in [0.15, 0.2) is 0 Å². The third-order valence-corrected chi connectivity index (χ3v) is 5.40. The molecule has 3 heteroatoms. The Labute approximate surface area is 114 Å². The molecule has 0 unspecified atom stereocenters. The highest BCUT2D eigenvalue weighted by Gasteiger charge is 2.46. The zero-order valence-corrected chi connectivity index (χ0v) is 11.6. The molecule has 1 aromatic rings. The summed E-state index contributed by atoms with van der Waals surface area (Å²) in [5, 5.41) is 3.49. The van der Waals surface area contributed by atoms with Crippen LogP contribution in [0.2, 0.25) is 0 Å². The van der Waals surface area contributed by atoms with Gasteiger partial charge in [-0.3, -0.25) is 0 Å². The second-order valence-electron chi connectivity index (χ2n) is 7.10. The van der Waals surface area contributed by atoms with Gasteiger partial charge in [0, 0.05) is 37.2 Å². The van der Waals surface area contributed by atoms with Gasteiger partial charge in [0.1, 0.15) is 5.82 Å². The van der Waals surface area contributed by atoms with Gasteiger partial charge in [0.15, 0.2) is 0 Å². The Hall–Kier alpha value is -0.830. The molecule has 0 atom stereocenters. The molecule has 0 radical (unpaired) electrons. The largest absolute Gasteiger partial charge is 0.328 e. The van der Waals surface area contributed by atoms with Crippen LogP contribution in [0.3, 0.4) is 0 Å². The summed E-state index contributed by atoms with van der Waals surface area (Å²) in [6.45, 7) is 2.15. The number of fused-ring (bicyclic) bond motifs is 1. The lowest BCUT2D eigenvalue weighted by molar-refractivity contribution is 0.370. The molecule has 3 aliphatic carbocycles. The van der Waals surface area contributed by atoms with Crippen LogP contribution in [0.25, 0.3) is 0 Å². The van der Waals surface area contributed by atoms with Crippen molar-refractivity contribution in [2.75, 3.05) is 6.54 Å². The molecule has 19 heavy (non-hydrogen) atoms. The standard InChI is InChI=1S/C16H23N3/c1-2-10(1)15(11-3-4-11)19-14-7-8-17-9-13(14)18-16(19)12-5-6-12/h10-12,15,17H,1-9H2. The maximum Gasteiger partial charge on any atom is 0.112 e. The molecule has 3 nitrogen and oxygen atoms in total. The molecule has 1 aliphatic heterocycles. The zero-order valence-electron chi connectivity index (χ0n) is 11.6. The summed E-state index contributed by atoms with van der Waals surface area (Å²) in [6.07, 6.45) is 9.83. The van der Waals surface area contributed by atoms with E-state index in [1.807, 2.05) is 0 Å². The number of nitrogens with zero attached hydrogens (tertiary/aromatic N) is 2. The number of nitrogens with one attached hydrogen (secondary N) is 1. The van der Waals surface area contributed by atoms with Crippen molar-refractivity contribution >= 4 is 0 Å². The van der Waals surface area contributed by atoms with Crippen molar-refractivity contribution in [3.05, 3.63) is 17.2 Å². The Balaban J connectivity index is 1.63. The van der Waals surface area contributed by atoms with E-state index >= 15 is 0 Å². The van der Waals surface area contributed by atoms with Crippen molar-refractivity contribution < 1.29 is 0 Å². The van der Waals surface area contributed by atoms with E-state index in [1.54, 1.807) is 5.69 Å². The first-order valence-electron chi connectivity index (χ1n) is 8.22. The molecule has 1 N–H and O–H groups in total. The van der Waals surface area contributed by atoms with Crippen molar-refractivity contribution in [1.82, 2.24) is 14.9 Å².